The van der Waals surface area contributed by atoms with Crippen LogP contribution < -0.4 is 0 Å². The van der Waals surface area contributed by atoms with Crippen molar-refractivity contribution >= 4 is 11.5 Å². The molecule has 3 aromatic rings. The van der Waals surface area contributed by atoms with Crippen molar-refractivity contribution in [2.24, 2.45) is 0 Å². The zero-order valence-corrected chi connectivity index (χ0v) is 9.65. The maximum atomic E-state index is 12.9. The van der Waals surface area contributed by atoms with Crippen molar-refractivity contribution in [2.75, 3.05) is 0 Å². The van der Waals surface area contributed by atoms with E-state index >= 15 is 0 Å². The molecule has 0 bridgehead atoms. The molecule has 94 valence electrons. The smallest absolute Gasteiger partial charge is 0.355 e. The van der Waals surface area contributed by atoms with E-state index in [-0.39, 0.29) is 11.5 Å². The molecule has 0 fully saturated rings. The Morgan fingerprint density at radius 3 is 2.58 bits per heavy atom. The second-order valence-corrected chi connectivity index (χ2v) is 3.98. The van der Waals surface area contributed by atoms with E-state index in [9.17, 15) is 14.5 Å². The predicted octanol–water partition coefficient (Wildman–Crippen LogP) is 3.05. The first kappa shape index (κ1) is 11.3. The van der Waals surface area contributed by atoms with E-state index in [1.54, 1.807) is 24.4 Å². The number of benzene rings is 1. The number of hydrogen-bond acceptors (Lipinski definition) is 3. The summed E-state index contributed by atoms with van der Waals surface area (Å²) >= 11 is 0. The van der Waals surface area contributed by atoms with Crippen LogP contribution in [-0.2, 0) is 0 Å². The van der Waals surface area contributed by atoms with E-state index in [4.69, 9.17) is 0 Å². The molecule has 0 unspecified atom stereocenters. The number of hydrogen-bond donors (Lipinski definition) is 0. The van der Waals surface area contributed by atoms with Gasteiger partial charge in [0.2, 0.25) is 5.65 Å². The van der Waals surface area contributed by atoms with Crippen LogP contribution in [0.5, 0.6) is 0 Å². The average molecular weight is 257 g/mol. The number of nitro groups is 1. The van der Waals surface area contributed by atoms with Gasteiger partial charge in [0.25, 0.3) is 0 Å². The van der Waals surface area contributed by atoms with Crippen molar-refractivity contribution in [3.63, 3.8) is 0 Å². The first-order valence-corrected chi connectivity index (χ1v) is 5.54. The Bertz CT molecular complexity index is 765. The highest BCUT2D eigenvalue weighted by Crippen LogP contribution is 2.30. The van der Waals surface area contributed by atoms with Gasteiger partial charge in [-0.2, -0.15) is 9.38 Å². The lowest BCUT2D eigenvalue weighted by atomic mass is 10.1. The summed E-state index contributed by atoms with van der Waals surface area (Å²) in [6, 6.07) is 10.6. The predicted molar refractivity (Wildman–Crippen MR) is 67.2 cm³/mol. The number of aromatic nitrogens is 2. The van der Waals surface area contributed by atoms with Crippen LogP contribution >= 0.6 is 0 Å². The van der Waals surface area contributed by atoms with Crippen molar-refractivity contribution in [1.29, 1.82) is 0 Å². The molecule has 0 aliphatic heterocycles. The van der Waals surface area contributed by atoms with Gasteiger partial charge in [-0.1, -0.05) is 6.07 Å². The number of halogens is 1. The first-order chi connectivity index (χ1) is 9.16. The standard InChI is InChI=1S/C13H8FN3O2/c14-10-6-4-9(5-7-10)12-13(17(18)19)16-8-2-1-3-11(16)15-12/h1-8H. The van der Waals surface area contributed by atoms with Crippen LogP contribution in [-0.4, -0.2) is 14.3 Å². The van der Waals surface area contributed by atoms with Crippen LogP contribution in [0.2, 0.25) is 0 Å². The number of pyridine rings is 1. The number of rotatable bonds is 2. The van der Waals surface area contributed by atoms with Crippen LogP contribution in [0.25, 0.3) is 16.9 Å². The van der Waals surface area contributed by atoms with Gasteiger partial charge in [0.15, 0.2) is 5.69 Å². The summed E-state index contributed by atoms with van der Waals surface area (Å²) in [5.74, 6) is -0.516. The van der Waals surface area contributed by atoms with Gasteiger partial charge in [0.1, 0.15) is 5.82 Å². The Hall–Kier alpha value is -2.76. The molecule has 2 aromatic heterocycles. The van der Waals surface area contributed by atoms with Crippen LogP contribution in [0.4, 0.5) is 10.2 Å². The third-order valence-corrected chi connectivity index (χ3v) is 2.80. The summed E-state index contributed by atoms with van der Waals surface area (Å²) in [5.41, 5.74) is 1.22. The first-order valence-electron chi connectivity index (χ1n) is 5.54. The summed E-state index contributed by atoms with van der Waals surface area (Å²) in [6.07, 6.45) is 1.58. The lowest BCUT2D eigenvalue weighted by molar-refractivity contribution is -0.389. The minimum absolute atomic E-state index is 0.123. The quantitative estimate of drug-likeness (QED) is 0.523. The molecule has 3 rings (SSSR count). The van der Waals surface area contributed by atoms with Crippen molar-refractivity contribution < 1.29 is 9.31 Å². The molecule has 0 saturated carbocycles. The molecule has 5 nitrogen and oxygen atoms in total. The highest BCUT2D eigenvalue weighted by molar-refractivity contribution is 5.72. The summed E-state index contributed by atoms with van der Waals surface area (Å²) in [7, 11) is 0. The second-order valence-electron chi connectivity index (χ2n) is 3.98. The molecule has 0 aliphatic carbocycles. The summed E-state index contributed by atoms with van der Waals surface area (Å²) in [5, 5.41) is 11.2. The molecule has 0 N–H and O–H groups in total. The van der Waals surface area contributed by atoms with E-state index < -0.39 is 10.7 Å². The molecule has 0 aliphatic rings. The van der Waals surface area contributed by atoms with Gasteiger partial charge >= 0.3 is 5.82 Å². The lowest BCUT2D eigenvalue weighted by Crippen LogP contribution is -1.95. The summed E-state index contributed by atoms with van der Waals surface area (Å²) < 4.78 is 14.3. The average Bonchev–Trinajstić information content (AvgIpc) is 2.78. The maximum Gasteiger partial charge on any atom is 0.355 e. The van der Waals surface area contributed by atoms with E-state index in [2.05, 4.69) is 4.98 Å². The van der Waals surface area contributed by atoms with Crippen molar-refractivity contribution in [2.45, 2.75) is 0 Å². The number of imidazole rings is 1. The molecule has 1 aromatic carbocycles. The largest absolute Gasteiger partial charge is 0.358 e. The highest BCUT2D eigenvalue weighted by atomic mass is 19.1. The van der Waals surface area contributed by atoms with E-state index in [0.29, 0.717) is 11.2 Å². The lowest BCUT2D eigenvalue weighted by Gasteiger charge is -1.98. The third-order valence-electron chi connectivity index (χ3n) is 2.80. The molecule has 19 heavy (non-hydrogen) atoms. The summed E-state index contributed by atoms with van der Waals surface area (Å²) in [6.45, 7) is 0. The van der Waals surface area contributed by atoms with Crippen LogP contribution in [0.3, 0.4) is 0 Å². The van der Waals surface area contributed by atoms with Crippen LogP contribution in [0.15, 0.2) is 48.7 Å². The van der Waals surface area contributed by atoms with Crippen LogP contribution in [0, 0.1) is 15.9 Å². The van der Waals surface area contributed by atoms with Gasteiger partial charge in [0.05, 0.1) is 6.20 Å². The van der Waals surface area contributed by atoms with Gasteiger partial charge in [-0.15, -0.1) is 0 Å². The Morgan fingerprint density at radius 2 is 1.89 bits per heavy atom. The third kappa shape index (κ3) is 1.83. The molecule has 6 heteroatoms. The number of nitrogens with zero attached hydrogens (tertiary/aromatic N) is 3. The van der Waals surface area contributed by atoms with Crippen molar-refractivity contribution in [1.82, 2.24) is 9.38 Å². The zero-order chi connectivity index (χ0) is 13.4. The molecule has 0 radical (unpaired) electrons. The fraction of sp³-hybridized carbons (Fsp3) is 0. The molecule has 0 atom stereocenters. The Labute approximate surface area is 107 Å². The molecule has 0 spiro atoms. The van der Waals surface area contributed by atoms with Crippen LogP contribution in [0.1, 0.15) is 0 Å². The van der Waals surface area contributed by atoms with E-state index in [0.717, 1.165) is 0 Å². The van der Waals surface area contributed by atoms with E-state index in [1.807, 2.05) is 0 Å². The Morgan fingerprint density at radius 1 is 1.16 bits per heavy atom. The van der Waals surface area contributed by atoms with Gasteiger partial charge in [0, 0.05) is 11.6 Å². The van der Waals surface area contributed by atoms with Gasteiger partial charge < -0.3 is 10.1 Å². The SMILES string of the molecule is O=[N+]([O-])c1c(-c2ccc(F)cc2)nc2ccccn12. The fourth-order valence-corrected chi connectivity index (χ4v) is 1.96. The number of fused-ring (bicyclic) bond motifs is 1. The molecular weight excluding hydrogens is 249 g/mol. The zero-order valence-electron chi connectivity index (χ0n) is 9.65. The normalized spacial score (nSPS) is 10.8. The fourth-order valence-electron chi connectivity index (χ4n) is 1.96. The van der Waals surface area contributed by atoms with Gasteiger partial charge in [-0.05, 0) is 35.3 Å². The van der Waals surface area contributed by atoms with Crippen molar-refractivity contribution in [3.8, 4) is 11.3 Å². The minimum atomic E-state index is -0.487. The Kier molecular flexibility index (Phi) is 2.49. The maximum absolute atomic E-state index is 12.9. The summed E-state index contributed by atoms with van der Waals surface area (Å²) in [4.78, 5) is 15.0. The van der Waals surface area contributed by atoms with Crippen molar-refractivity contribution in [3.05, 3.63) is 64.6 Å². The molecule has 0 saturated heterocycles. The molecule has 0 amide bonds. The Balaban J connectivity index is 2.31. The van der Waals surface area contributed by atoms with Gasteiger partial charge in [-0.25, -0.2) is 4.39 Å². The monoisotopic (exact) mass is 257 g/mol. The van der Waals surface area contributed by atoms with E-state index in [1.165, 1.54) is 28.7 Å². The highest BCUT2D eigenvalue weighted by Gasteiger charge is 2.23. The second kappa shape index (κ2) is 4.16. The minimum Gasteiger partial charge on any atom is -0.358 e. The van der Waals surface area contributed by atoms with Gasteiger partial charge in [-0.3, -0.25) is 0 Å². The molecular formula is C13H8FN3O2. The molecule has 2 heterocycles. The topological polar surface area (TPSA) is 60.4 Å².